The van der Waals surface area contributed by atoms with E-state index < -0.39 is 20.2 Å². The average Bonchev–Trinajstić information content (AvgIpc) is 2.39. The summed E-state index contributed by atoms with van der Waals surface area (Å²) in [7, 11) is -5.54. The second-order valence-corrected chi connectivity index (χ2v) is 8.54. The third-order valence-corrected chi connectivity index (χ3v) is 6.23. The van der Waals surface area contributed by atoms with Gasteiger partial charge in [0.25, 0.3) is 10.2 Å². The lowest BCUT2D eigenvalue weighted by atomic mass is 10.1. The SMILES string of the molecule is CNS(=O)(=O)Nc1ccc(N2CCCCS2(=O)=O)c(C)c1. The predicted octanol–water partition coefficient (Wildman–Crippen LogP) is 0.801. The molecule has 2 N–H and O–H groups in total. The third-order valence-electron chi connectivity index (χ3n) is 3.34. The van der Waals surface area contributed by atoms with Crippen LogP contribution in [0, 0.1) is 6.92 Å². The number of sulfonamides is 1. The van der Waals surface area contributed by atoms with Crippen molar-refractivity contribution in [3.8, 4) is 0 Å². The Bertz CT molecular complexity index is 729. The van der Waals surface area contributed by atoms with Crippen molar-refractivity contribution in [1.82, 2.24) is 4.72 Å². The summed E-state index contributed by atoms with van der Waals surface area (Å²) in [5.74, 6) is 0.153. The maximum atomic E-state index is 12.1. The maximum Gasteiger partial charge on any atom is 0.298 e. The maximum absolute atomic E-state index is 12.1. The second kappa shape index (κ2) is 5.82. The molecule has 0 aliphatic carbocycles. The Kier molecular flexibility index (Phi) is 4.45. The van der Waals surface area contributed by atoms with Crippen molar-refractivity contribution in [2.45, 2.75) is 19.8 Å². The van der Waals surface area contributed by atoms with E-state index in [2.05, 4.69) is 9.44 Å². The number of hydrogen-bond donors (Lipinski definition) is 2. The van der Waals surface area contributed by atoms with Crippen LogP contribution in [0.2, 0.25) is 0 Å². The molecule has 0 radical (unpaired) electrons. The highest BCUT2D eigenvalue weighted by atomic mass is 32.2. The molecule has 21 heavy (non-hydrogen) atoms. The number of nitrogens with one attached hydrogen (secondary N) is 2. The molecule has 1 aliphatic heterocycles. The van der Waals surface area contributed by atoms with Crippen molar-refractivity contribution in [2.75, 3.05) is 28.4 Å². The number of hydrogen-bond acceptors (Lipinski definition) is 4. The van der Waals surface area contributed by atoms with E-state index >= 15 is 0 Å². The standard InChI is InChI=1S/C12H19N3O4S2/c1-10-9-11(14-21(18,19)13-2)5-6-12(10)15-7-3-4-8-20(15,16)17/h5-6,9,13-14H,3-4,7-8H2,1-2H3. The van der Waals surface area contributed by atoms with Crippen molar-refractivity contribution in [2.24, 2.45) is 0 Å². The van der Waals surface area contributed by atoms with E-state index in [-0.39, 0.29) is 5.75 Å². The average molecular weight is 333 g/mol. The van der Waals surface area contributed by atoms with Gasteiger partial charge in [0.15, 0.2) is 0 Å². The van der Waals surface area contributed by atoms with Crippen LogP contribution < -0.4 is 13.7 Å². The lowest BCUT2D eigenvalue weighted by molar-refractivity contribution is 0.574. The van der Waals surface area contributed by atoms with Crippen LogP contribution in [0.25, 0.3) is 0 Å². The first-order valence-electron chi connectivity index (χ1n) is 6.57. The van der Waals surface area contributed by atoms with Crippen molar-refractivity contribution in [3.05, 3.63) is 23.8 Å². The summed E-state index contributed by atoms with van der Waals surface area (Å²) in [6, 6.07) is 4.81. The van der Waals surface area contributed by atoms with Gasteiger partial charge in [-0.05, 0) is 43.5 Å². The molecule has 9 heteroatoms. The molecule has 7 nitrogen and oxygen atoms in total. The zero-order chi connectivity index (χ0) is 15.7. The van der Waals surface area contributed by atoms with Crippen LogP contribution in [-0.2, 0) is 20.2 Å². The molecule has 118 valence electrons. The van der Waals surface area contributed by atoms with E-state index in [0.29, 0.717) is 29.9 Å². The van der Waals surface area contributed by atoms with Crippen molar-refractivity contribution in [1.29, 1.82) is 0 Å². The molecule has 0 atom stereocenters. The third kappa shape index (κ3) is 3.66. The van der Waals surface area contributed by atoms with Crippen molar-refractivity contribution < 1.29 is 16.8 Å². The second-order valence-electron chi connectivity index (χ2n) is 4.91. The molecule has 0 amide bonds. The first kappa shape index (κ1) is 16.1. The van der Waals surface area contributed by atoms with Gasteiger partial charge in [0.2, 0.25) is 10.0 Å². The van der Waals surface area contributed by atoms with Gasteiger partial charge in [0, 0.05) is 13.6 Å². The van der Waals surface area contributed by atoms with Crippen LogP contribution in [0.15, 0.2) is 18.2 Å². The minimum Gasteiger partial charge on any atom is -0.271 e. The normalized spacial score (nSPS) is 18.5. The van der Waals surface area contributed by atoms with Crippen molar-refractivity contribution in [3.63, 3.8) is 0 Å². The van der Waals surface area contributed by atoms with Gasteiger partial charge in [-0.2, -0.15) is 8.42 Å². The quantitative estimate of drug-likeness (QED) is 0.852. The van der Waals surface area contributed by atoms with E-state index in [9.17, 15) is 16.8 Å². The molecule has 0 unspecified atom stereocenters. The Balaban J connectivity index is 2.32. The fourth-order valence-electron chi connectivity index (χ4n) is 2.26. The zero-order valence-electron chi connectivity index (χ0n) is 12.0. The highest BCUT2D eigenvalue weighted by Gasteiger charge is 2.27. The number of benzene rings is 1. The van der Waals surface area contributed by atoms with Gasteiger partial charge in [-0.3, -0.25) is 9.03 Å². The van der Waals surface area contributed by atoms with E-state index in [0.717, 1.165) is 6.42 Å². The topological polar surface area (TPSA) is 95.6 Å². The van der Waals surface area contributed by atoms with Crippen LogP contribution in [0.5, 0.6) is 0 Å². The zero-order valence-corrected chi connectivity index (χ0v) is 13.6. The predicted molar refractivity (Wildman–Crippen MR) is 83.1 cm³/mol. The van der Waals surface area contributed by atoms with E-state index in [4.69, 9.17) is 0 Å². The van der Waals surface area contributed by atoms with Crippen LogP contribution in [0.3, 0.4) is 0 Å². The lowest BCUT2D eigenvalue weighted by Gasteiger charge is -2.29. The van der Waals surface area contributed by atoms with Crippen LogP contribution in [0.1, 0.15) is 18.4 Å². The largest absolute Gasteiger partial charge is 0.298 e. The minimum absolute atomic E-state index is 0.153. The molecule has 1 aromatic carbocycles. The summed E-state index contributed by atoms with van der Waals surface area (Å²) in [6.07, 6.45) is 1.50. The van der Waals surface area contributed by atoms with Gasteiger partial charge in [-0.25, -0.2) is 13.1 Å². The molecule has 0 bridgehead atoms. The van der Waals surface area contributed by atoms with E-state index in [1.54, 1.807) is 25.1 Å². The van der Waals surface area contributed by atoms with Gasteiger partial charge in [0.1, 0.15) is 0 Å². The number of nitrogens with zero attached hydrogens (tertiary/aromatic N) is 1. The Hall–Kier alpha value is -1.32. The molecule has 1 aromatic rings. The van der Waals surface area contributed by atoms with Gasteiger partial charge in [-0.1, -0.05) is 0 Å². The minimum atomic E-state index is -3.58. The first-order chi connectivity index (χ1) is 9.75. The van der Waals surface area contributed by atoms with Gasteiger partial charge >= 0.3 is 0 Å². The monoisotopic (exact) mass is 333 g/mol. The Labute approximate surface area is 125 Å². The summed E-state index contributed by atoms with van der Waals surface area (Å²) in [5.41, 5.74) is 1.69. The summed E-state index contributed by atoms with van der Waals surface area (Å²) < 4.78 is 53.0. The molecule has 1 fully saturated rings. The van der Waals surface area contributed by atoms with Crippen molar-refractivity contribution >= 4 is 31.6 Å². The summed E-state index contributed by atoms with van der Waals surface area (Å²) >= 11 is 0. The van der Waals surface area contributed by atoms with Crippen LogP contribution >= 0.6 is 0 Å². The molecule has 2 rings (SSSR count). The fourth-order valence-corrected chi connectivity index (χ4v) is 4.50. The van der Waals surface area contributed by atoms with Gasteiger partial charge in [-0.15, -0.1) is 0 Å². The summed E-state index contributed by atoms with van der Waals surface area (Å²) in [6.45, 7) is 2.22. The smallest absolute Gasteiger partial charge is 0.271 e. The number of aryl methyl sites for hydroxylation is 1. The first-order valence-corrected chi connectivity index (χ1v) is 9.67. The number of anilines is 2. The van der Waals surface area contributed by atoms with E-state index in [1.807, 2.05) is 0 Å². The highest BCUT2D eigenvalue weighted by molar-refractivity contribution is 7.92. The van der Waals surface area contributed by atoms with Crippen LogP contribution in [0.4, 0.5) is 11.4 Å². The molecular formula is C12H19N3O4S2. The molecular weight excluding hydrogens is 314 g/mol. The Morgan fingerprint density at radius 2 is 1.95 bits per heavy atom. The van der Waals surface area contributed by atoms with Gasteiger partial charge in [0.05, 0.1) is 17.1 Å². The highest BCUT2D eigenvalue weighted by Crippen LogP contribution is 2.29. The van der Waals surface area contributed by atoms with Gasteiger partial charge < -0.3 is 0 Å². The molecule has 1 heterocycles. The molecule has 1 aliphatic rings. The summed E-state index contributed by atoms with van der Waals surface area (Å²) in [5, 5.41) is 0. The lowest BCUT2D eigenvalue weighted by Crippen LogP contribution is -2.38. The number of rotatable bonds is 4. The van der Waals surface area contributed by atoms with E-state index in [1.165, 1.54) is 11.4 Å². The summed E-state index contributed by atoms with van der Waals surface area (Å²) in [4.78, 5) is 0. The molecule has 1 saturated heterocycles. The van der Waals surface area contributed by atoms with Crippen LogP contribution in [-0.4, -0.2) is 36.2 Å². The Morgan fingerprint density at radius 3 is 2.52 bits per heavy atom. The molecule has 0 saturated carbocycles. The molecule has 0 spiro atoms. The Morgan fingerprint density at radius 1 is 1.24 bits per heavy atom. The fraction of sp³-hybridized carbons (Fsp3) is 0.500. The molecule has 0 aromatic heterocycles.